The fourth-order valence-corrected chi connectivity index (χ4v) is 0.931. The van der Waals surface area contributed by atoms with E-state index in [1.54, 1.807) is 0 Å². The number of carbonyl (C=O) groups is 1. The molecule has 0 saturated heterocycles. The molecule has 1 rings (SSSR count). The van der Waals surface area contributed by atoms with Gasteiger partial charge in [0.2, 0.25) is 0 Å². The van der Waals surface area contributed by atoms with E-state index in [1.807, 2.05) is 0 Å². The van der Waals surface area contributed by atoms with E-state index in [1.165, 1.54) is 12.1 Å². The highest BCUT2D eigenvalue weighted by atomic mass is 16.4. The Bertz CT molecular complexity index is 404. The number of carboxylic acid groups (broad SMARTS) is 1. The number of aromatic hydroxyl groups is 1. The van der Waals surface area contributed by atoms with Crippen molar-refractivity contribution in [1.29, 1.82) is 0 Å². The van der Waals surface area contributed by atoms with Crippen LogP contribution in [0.5, 0.6) is 5.75 Å². The lowest BCUT2D eigenvalue weighted by molar-refractivity contribution is 0.0693. The first-order valence-corrected chi connectivity index (χ1v) is 3.39. The number of hydrogen-bond acceptors (Lipinski definition) is 3. The predicted octanol–water partition coefficient (Wildman–Crippen LogP) is 0.654. The van der Waals surface area contributed by atoms with Crippen LogP contribution in [-0.4, -0.2) is 16.2 Å². The molecule has 13 heavy (non-hydrogen) atoms. The quantitative estimate of drug-likeness (QED) is 0.434. The van der Waals surface area contributed by atoms with E-state index < -0.39 is 11.7 Å². The highest BCUT2D eigenvalue weighted by Crippen LogP contribution is 2.26. The summed E-state index contributed by atoms with van der Waals surface area (Å²) in [6.45, 7) is 0. The number of anilines is 1. The summed E-state index contributed by atoms with van der Waals surface area (Å²) < 4.78 is 0. The highest BCUT2D eigenvalue weighted by molar-refractivity contribution is 5.93. The molecule has 0 radical (unpaired) electrons. The molecule has 1 aromatic carbocycles. The molecule has 4 nitrogen and oxygen atoms in total. The van der Waals surface area contributed by atoms with Crippen molar-refractivity contribution in [2.45, 2.75) is 0 Å². The van der Waals surface area contributed by atoms with E-state index in [0.717, 1.165) is 0 Å². The molecule has 0 aliphatic rings. The van der Waals surface area contributed by atoms with Gasteiger partial charge in [0.05, 0.1) is 11.3 Å². The maximum Gasteiger partial charge on any atom is 0.339 e. The lowest BCUT2D eigenvalue weighted by Crippen LogP contribution is -2.00. The average molecular weight is 177 g/mol. The van der Waals surface area contributed by atoms with Crippen LogP contribution in [0.15, 0.2) is 12.1 Å². The third-order valence-electron chi connectivity index (χ3n) is 1.58. The van der Waals surface area contributed by atoms with Crippen molar-refractivity contribution in [3.8, 4) is 18.1 Å². The van der Waals surface area contributed by atoms with Crippen LogP contribution >= 0.6 is 0 Å². The molecule has 0 bridgehead atoms. The number of phenols is 1. The number of nitrogens with two attached hydrogens (primary N) is 1. The molecule has 0 aliphatic carbocycles. The molecule has 0 amide bonds. The molecule has 66 valence electrons. The summed E-state index contributed by atoms with van der Waals surface area (Å²) in [5.41, 5.74) is 5.36. The number of aromatic carboxylic acids is 1. The number of hydrogen-bond donors (Lipinski definition) is 3. The van der Waals surface area contributed by atoms with Crippen LogP contribution in [-0.2, 0) is 0 Å². The van der Waals surface area contributed by atoms with E-state index in [9.17, 15) is 9.90 Å². The molecular weight excluding hydrogens is 170 g/mol. The molecule has 0 atom stereocenters. The van der Waals surface area contributed by atoms with Crippen LogP contribution in [0.2, 0.25) is 0 Å². The highest BCUT2D eigenvalue weighted by Gasteiger charge is 2.13. The molecule has 1 aromatic rings. The predicted molar refractivity (Wildman–Crippen MR) is 47.4 cm³/mol. The van der Waals surface area contributed by atoms with Gasteiger partial charge in [-0.3, -0.25) is 0 Å². The first kappa shape index (κ1) is 8.94. The lowest BCUT2D eigenvalue weighted by atomic mass is 10.1. The summed E-state index contributed by atoms with van der Waals surface area (Å²) >= 11 is 0. The second-order valence-electron chi connectivity index (χ2n) is 2.38. The minimum Gasteiger partial charge on any atom is -0.506 e. The fraction of sp³-hybridized carbons (Fsp3) is 0. The maximum atomic E-state index is 10.5. The lowest BCUT2D eigenvalue weighted by Gasteiger charge is -2.04. The molecule has 0 aromatic heterocycles. The van der Waals surface area contributed by atoms with Crippen LogP contribution in [0, 0.1) is 12.3 Å². The molecule has 0 unspecified atom stereocenters. The van der Waals surface area contributed by atoms with Crippen molar-refractivity contribution < 1.29 is 15.0 Å². The summed E-state index contributed by atoms with van der Waals surface area (Å²) in [7, 11) is 0. The Hall–Kier alpha value is -2.15. The van der Waals surface area contributed by atoms with Gasteiger partial charge < -0.3 is 15.9 Å². The summed E-state index contributed by atoms with van der Waals surface area (Å²) in [5, 5.41) is 17.9. The maximum absolute atomic E-state index is 10.5. The number of benzene rings is 1. The summed E-state index contributed by atoms with van der Waals surface area (Å²) in [6, 6.07) is 2.55. The minimum atomic E-state index is -1.24. The van der Waals surface area contributed by atoms with E-state index in [4.69, 9.17) is 17.3 Å². The number of nitrogen functional groups attached to an aromatic ring is 1. The van der Waals surface area contributed by atoms with Crippen molar-refractivity contribution in [3.05, 3.63) is 23.3 Å². The van der Waals surface area contributed by atoms with E-state index in [-0.39, 0.29) is 16.8 Å². The first-order chi connectivity index (χ1) is 6.07. The average Bonchev–Trinajstić information content (AvgIpc) is 2.04. The number of terminal acetylenes is 1. The van der Waals surface area contributed by atoms with E-state index in [0.29, 0.717) is 0 Å². The largest absolute Gasteiger partial charge is 0.506 e. The monoisotopic (exact) mass is 177 g/mol. The molecule has 4 N–H and O–H groups in total. The van der Waals surface area contributed by atoms with Gasteiger partial charge in [-0.15, -0.1) is 6.42 Å². The van der Waals surface area contributed by atoms with Crippen molar-refractivity contribution in [2.75, 3.05) is 5.73 Å². The van der Waals surface area contributed by atoms with Gasteiger partial charge in [-0.2, -0.15) is 0 Å². The van der Waals surface area contributed by atoms with Gasteiger partial charge in [0.1, 0.15) is 11.3 Å². The van der Waals surface area contributed by atoms with Crippen molar-refractivity contribution in [3.63, 3.8) is 0 Å². The second-order valence-corrected chi connectivity index (χ2v) is 2.38. The van der Waals surface area contributed by atoms with Gasteiger partial charge in [-0.25, -0.2) is 4.79 Å². The van der Waals surface area contributed by atoms with Gasteiger partial charge in [0, 0.05) is 0 Å². The van der Waals surface area contributed by atoms with Crippen LogP contribution < -0.4 is 5.73 Å². The Kier molecular flexibility index (Phi) is 2.11. The van der Waals surface area contributed by atoms with Gasteiger partial charge in [0.25, 0.3) is 0 Å². The zero-order chi connectivity index (χ0) is 10.0. The Morgan fingerprint density at radius 2 is 2.15 bits per heavy atom. The molecule has 0 spiro atoms. The third kappa shape index (κ3) is 1.40. The van der Waals surface area contributed by atoms with Gasteiger partial charge in [0.15, 0.2) is 0 Å². The summed E-state index contributed by atoms with van der Waals surface area (Å²) in [5.74, 6) is 0.416. The smallest absolute Gasteiger partial charge is 0.339 e. The summed E-state index contributed by atoms with van der Waals surface area (Å²) in [4.78, 5) is 10.5. The molecule has 4 heteroatoms. The SMILES string of the molecule is C#Cc1c(N)ccc(C(=O)O)c1O. The Morgan fingerprint density at radius 1 is 1.54 bits per heavy atom. The van der Waals surface area contributed by atoms with E-state index >= 15 is 0 Å². The molecule has 0 fully saturated rings. The molecule has 0 saturated carbocycles. The van der Waals surface area contributed by atoms with Crippen LogP contribution in [0.1, 0.15) is 15.9 Å². The number of rotatable bonds is 1. The molecule has 0 heterocycles. The Balaban J connectivity index is 3.47. The first-order valence-electron chi connectivity index (χ1n) is 3.39. The van der Waals surface area contributed by atoms with Crippen molar-refractivity contribution in [1.82, 2.24) is 0 Å². The third-order valence-corrected chi connectivity index (χ3v) is 1.58. The zero-order valence-corrected chi connectivity index (χ0v) is 6.61. The molecular formula is C9H7NO3. The molecule has 0 aliphatic heterocycles. The van der Waals surface area contributed by atoms with Crippen LogP contribution in [0.4, 0.5) is 5.69 Å². The van der Waals surface area contributed by atoms with E-state index in [2.05, 4.69) is 5.92 Å². The Morgan fingerprint density at radius 3 is 2.62 bits per heavy atom. The second kappa shape index (κ2) is 3.07. The van der Waals surface area contributed by atoms with Crippen LogP contribution in [0.3, 0.4) is 0 Å². The van der Waals surface area contributed by atoms with Crippen molar-refractivity contribution >= 4 is 11.7 Å². The van der Waals surface area contributed by atoms with Crippen molar-refractivity contribution in [2.24, 2.45) is 0 Å². The standard InChI is InChI=1S/C9H7NO3/c1-2-5-7(10)4-3-6(8(5)11)9(12)13/h1,3-4,11H,10H2,(H,12,13). The van der Waals surface area contributed by atoms with Crippen LogP contribution in [0.25, 0.3) is 0 Å². The van der Waals surface area contributed by atoms with Gasteiger partial charge in [-0.05, 0) is 12.1 Å². The zero-order valence-electron chi connectivity index (χ0n) is 6.61. The number of carboxylic acids is 1. The van der Waals surface area contributed by atoms with Gasteiger partial charge >= 0.3 is 5.97 Å². The summed E-state index contributed by atoms with van der Waals surface area (Å²) in [6.07, 6.45) is 5.04. The topological polar surface area (TPSA) is 83.6 Å². The Labute approximate surface area is 74.6 Å². The normalized spacial score (nSPS) is 9.15. The van der Waals surface area contributed by atoms with Gasteiger partial charge in [-0.1, -0.05) is 5.92 Å². The fourth-order valence-electron chi connectivity index (χ4n) is 0.931. The minimum absolute atomic E-state index is 0.0138.